The third-order valence-corrected chi connectivity index (χ3v) is 7.74. The SMILES string of the molecule is COCCN1CCc2c(nc(-c3ccc(Nc4cccc(OCc5ccccc5)n4)cc3)nc2N2CCOC[C@@H]2C)C1. The summed E-state index contributed by atoms with van der Waals surface area (Å²) in [5.41, 5.74) is 5.38. The Morgan fingerprint density at radius 2 is 1.81 bits per heavy atom. The van der Waals surface area contributed by atoms with Gasteiger partial charge >= 0.3 is 0 Å². The quantitative estimate of drug-likeness (QED) is 0.282. The molecule has 1 fully saturated rings. The fourth-order valence-electron chi connectivity index (χ4n) is 5.43. The van der Waals surface area contributed by atoms with Gasteiger partial charge in [-0.05, 0) is 49.2 Å². The van der Waals surface area contributed by atoms with Crippen molar-refractivity contribution < 1.29 is 14.2 Å². The maximum absolute atomic E-state index is 5.90. The number of aromatic nitrogens is 3. The van der Waals surface area contributed by atoms with Gasteiger partial charge in [-0.25, -0.2) is 9.97 Å². The number of ether oxygens (including phenoxy) is 3. The van der Waals surface area contributed by atoms with Gasteiger partial charge in [0.25, 0.3) is 0 Å². The second kappa shape index (κ2) is 13.3. The fraction of sp³-hybridized carbons (Fsp3) is 0.364. The molecule has 0 spiro atoms. The monoisotopic (exact) mass is 566 g/mol. The summed E-state index contributed by atoms with van der Waals surface area (Å²) in [4.78, 5) is 19.7. The molecule has 0 saturated carbocycles. The number of rotatable bonds is 10. The first-order valence-electron chi connectivity index (χ1n) is 14.6. The van der Waals surface area contributed by atoms with Crippen LogP contribution in [0.3, 0.4) is 0 Å². The van der Waals surface area contributed by atoms with Crippen molar-refractivity contribution in [2.45, 2.75) is 32.5 Å². The lowest BCUT2D eigenvalue weighted by molar-refractivity contribution is 0.0982. The zero-order valence-electron chi connectivity index (χ0n) is 24.3. The molecular formula is C33H38N6O3. The van der Waals surface area contributed by atoms with Crippen LogP contribution in [0.25, 0.3) is 11.4 Å². The van der Waals surface area contributed by atoms with E-state index in [9.17, 15) is 0 Å². The molecule has 4 aromatic rings. The van der Waals surface area contributed by atoms with Gasteiger partial charge < -0.3 is 24.4 Å². The highest BCUT2D eigenvalue weighted by molar-refractivity contribution is 5.66. The van der Waals surface area contributed by atoms with E-state index in [4.69, 9.17) is 24.2 Å². The van der Waals surface area contributed by atoms with Crippen LogP contribution in [-0.2, 0) is 29.0 Å². The predicted octanol–water partition coefficient (Wildman–Crippen LogP) is 5.09. The number of anilines is 3. The number of hydrogen-bond acceptors (Lipinski definition) is 9. The number of benzene rings is 2. The second-order valence-electron chi connectivity index (χ2n) is 10.8. The van der Waals surface area contributed by atoms with Crippen LogP contribution in [0.2, 0.25) is 0 Å². The number of pyridine rings is 1. The molecule has 0 unspecified atom stereocenters. The molecule has 9 nitrogen and oxygen atoms in total. The second-order valence-corrected chi connectivity index (χ2v) is 10.8. The first-order valence-corrected chi connectivity index (χ1v) is 14.6. The van der Waals surface area contributed by atoms with Crippen molar-refractivity contribution in [2.24, 2.45) is 0 Å². The number of nitrogens with one attached hydrogen (secondary N) is 1. The standard InChI is InChI=1S/C33H38N6O3/c1-24-22-41-20-18-39(24)33-28-15-16-38(17-19-40-2)21-29(28)35-32(37-33)26-11-13-27(14-12-26)34-30-9-6-10-31(36-30)42-23-25-7-4-3-5-8-25/h3-14,24H,15-23H2,1-2H3,(H,34,36)/t24-/m0/s1. The molecule has 6 rings (SSSR count). The van der Waals surface area contributed by atoms with Crippen molar-refractivity contribution >= 4 is 17.3 Å². The summed E-state index contributed by atoms with van der Waals surface area (Å²) in [5.74, 6) is 3.10. The summed E-state index contributed by atoms with van der Waals surface area (Å²) in [6.45, 7) is 8.33. The minimum absolute atomic E-state index is 0.267. The molecular weight excluding hydrogens is 528 g/mol. The third-order valence-electron chi connectivity index (χ3n) is 7.74. The van der Waals surface area contributed by atoms with Crippen LogP contribution in [0, 0.1) is 0 Å². The Morgan fingerprint density at radius 1 is 0.952 bits per heavy atom. The lowest BCUT2D eigenvalue weighted by Gasteiger charge is -2.37. The van der Waals surface area contributed by atoms with Gasteiger partial charge in [-0.15, -0.1) is 0 Å². The van der Waals surface area contributed by atoms with E-state index in [1.54, 1.807) is 7.11 Å². The Balaban J connectivity index is 1.21. The van der Waals surface area contributed by atoms with Gasteiger partial charge in [0, 0.05) is 56.2 Å². The van der Waals surface area contributed by atoms with Crippen LogP contribution >= 0.6 is 0 Å². The van der Waals surface area contributed by atoms with Crippen molar-refractivity contribution in [3.05, 3.63) is 89.6 Å². The van der Waals surface area contributed by atoms with E-state index in [2.05, 4.69) is 39.2 Å². The highest BCUT2D eigenvalue weighted by Crippen LogP contribution is 2.32. The lowest BCUT2D eigenvalue weighted by atomic mass is 10.0. The topological polar surface area (TPSA) is 84.9 Å². The van der Waals surface area contributed by atoms with Crippen LogP contribution in [0.1, 0.15) is 23.7 Å². The van der Waals surface area contributed by atoms with Crippen LogP contribution in [0.15, 0.2) is 72.8 Å². The van der Waals surface area contributed by atoms with Crippen molar-refractivity contribution in [1.29, 1.82) is 0 Å². The molecule has 4 heterocycles. The van der Waals surface area contributed by atoms with E-state index < -0.39 is 0 Å². The van der Waals surface area contributed by atoms with Gasteiger partial charge in [0.15, 0.2) is 5.82 Å². The average molecular weight is 567 g/mol. The largest absolute Gasteiger partial charge is 0.473 e. The fourth-order valence-corrected chi connectivity index (χ4v) is 5.43. The number of hydrogen-bond donors (Lipinski definition) is 1. The lowest BCUT2D eigenvalue weighted by Crippen LogP contribution is -2.45. The van der Waals surface area contributed by atoms with E-state index in [0.717, 1.165) is 72.6 Å². The van der Waals surface area contributed by atoms with Gasteiger partial charge in [0.2, 0.25) is 5.88 Å². The molecule has 218 valence electrons. The normalized spacial score (nSPS) is 17.1. The van der Waals surface area contributed by atoms with Crippen LogP contribution in [-0.4, -0.2) is 72.5 Å². The Morgan fingerprint density at radius 3 is 2.62 bits per heavy atom. The van der Waals surface area contributed by atoms with Gasteiger partial charge in [-0.1, -0.05) is 36.4 Å². The number of morpholine rings is 1. The van der Waals surface area contributed by atoms with E-state index >= 15 is 0 Å². The molecule has 0 amide bonds. The first kappa shape index (κ1) is 28.1. The minimum Gasteiger partial charge on any atom is -0.473 e. The summed E-state index contributed by atoms with van der Waals surface area (Å²) in [6.07, 6.45) is 0.933. The molecule has 2 aliphatic heterocycles. The molecule has 1 N–H and O–H groups in total. The molecule has 0 aliphatic carbocycles. The summed E-state index contributed by atoms with van der Waals surface area (Å²) in [5, 5.41) is 3.39. The average Bonchev–Trinajstić information content (AvgIpc) is 3.03. The van der Waals surface area contributed by atoms with Crippen LogP contribution in [0.5, 0.6) is 5.88 Å². The van der Waals surface area contributed by atoms with Crippen molar-refractivity contribution in [3.63, 3.8) is 0 Å². The Bertz CT molecular complexity index is 1470. The molecule has 2 aromatic carbocycles. The highest BCUT2D eigenvalue weighted by atomic mass is 16.5. The summed E-state index contributed by atoms with van der Waals surface area (Å²) < 4.78 is 17.0. The number of fused-ring (bicyclic) bond motifs is 1. The van der Waals surface area contributed by atoms with Crippen LogP contribution in [0.4, 0.5) is 17.3 Å². The third kappa shape index (κ3) is 6.70. The van der Waals surface area contributed by atoms with Crippen molar-refractivity contribution in [1.82, 2.24) is 19.9 Å². The summed E-state index contributed by atoms with van der Waals surface area (Å²) in [7, 11) is 1.75. The smallest absolute Gasteiger partial charge is 0.215 e. The Labute approximate surface area is 247 Å². The Kier molecular flexibility index (Phi) is 8.89. The first-order chi connectivity index (χ1) is 20.7. The van der Waals surface area contributed by atoms with E-state index in [1.807, 2.05) is 60.7 Å². The van der Waals surface area contributed by atoms with Crippen molar-refractivity contribution in [3.8, 4) is 17.3 Å². The predicted molar refractivity (Wildman–Crippen MR) is 164 cm³/mol. The van der Waals surface area contributed by atoms with Crippen LogP contribution < -0.4 is 15.0 Å². The number of methoxy groups -OCH3 is 1. The van der Waals surface area contributed by atoms with Gasteiger partial charge in [-0.2, -0.15) is 4.98 Å². The van der Waals surface area contributed by atoms with E-state index in [1.165, 1.54) is 5.56 Å². The molecule has 42 heavy (non-hydrogen) atoms. The highest BCUT2D eigenvalue weighted by Gasteiger charge is 2.28. The van der Waals surface area contributed by atoms with Gasteiger partial charge in [0.1, 0.15) is 18.2 Å². The molecule has 9 heteroatoms. The maximum atomic E-state index is 5.90. The van der Waals surface area contributed by atoms with Gasteiger partial charge in [-0.3, -0.25) is 4.90 Å². The zero-order chi connectivity index (χ0) is 28.7. The summed E-state index contributed by atoms with van der Waals surface area (Å²) in [6, 6.07) is 24.3. The number of nitrogens with zero attached hydrogens (tertiary/aromatic N) is 5. The molecule has 1 saturated heterocycles. The zero-order valence-corrected chi connectivity index (χ0v) is 24.3. The minimum atomic E-state index is 0.267. The van der Waals surface area contributed by atoms with Crippen molar-refractivity contribution in [2.75, 3.05) is 56.8 Å². The molecule has 2 aliphatic rings. The van der Waals surface area contributed by atoms with E-state index in [0.29, 0.717) is 32.3 Å². The van der Waals surface area contributed by atoms with Gasteiger partial charge in [0.05, 0.1) is 31.6 Å². The maximum Gasteiger partial charge on any atom is 0.215 e. The molecule has 2 aromatic heterocycles. The molecule has 0 bridgehead atoms. The summed E-state index contributed by atoms with van der Waals surface area (Å²) >= 11 is 0. The Hall–Kier alpha value is -4.05. The molecule has 1 atom stereocenters. The van der Waals surface area contributed by atoms with E-state index in [-0.39, 0.29) is 6.04 Å². The molecule has 0 radical (unpaired) electrons.